The summed E-state index contributed by atoms with van der Waals surface area (Å²) >= 11 is 3.66. The number of piperidine rings is 2. The standard InChI is InChI=1S/C22H26N2O4.C20H23BrN2O3.C12H27P.C6H12O.C2H6/c1-15(25)16-9-10-19-22(27-18-8-6-5-7-17(18)24(16)19)11-13-23(14-12-22)20(26)28-21(2,3)4;1-19(2,3)26-18(24)22-12-10-20(11-13-22)16-8-9-17(21)23(16)14-6-4-5-7-15(14)25-20;1-10(2,3)13(11(4,5)6)12(7,8)9;1-3-5-6-7-4-2;1-2/h5-10H,11-14H2,1-4H3;4-9H,10-13H2,1-3H3;1-9H3;4H,2-3,5-6H2,1H3;1-2H3. The minimum Gasteiger partial charge on any atom is -0.502 e. The molecule has 0 saturated carbocycles. The van der Waals surface area contributed by atoms with Crippen LogP contribution in [-0.2, 0) is 25.4 Å². The summed E-state index contributed by atoms with van der Waals surface area (Å²) in [6, 6.07) is 23.9. The summed E-state index contributed by atoms with van der Waals surface area (Å²) in [6.07, 6.45) is 6.01. The number of rotatable bonds is 5. The molecule has 2 spiro atoms. The van der Waals surface area contributed by atoms with Gasteiger partial charge in [0.1, 0.15) is 22.7 Å². The highest BCUT2D eigenvalue weighted by Crippen LogP contribution is 2.67. The van der Waals surface area contributed by atoms with E-state index in [-0.39, 0.29) is 25.9 Å². The molecular formula is C62H94BrN4O8P. The van der Waals surface area contributed by atoms with Crippen LogP contribution in [-0.4, -0.2) is 96.4 Å². The molecule has 422 valence electrons. The van der Waals surface area contributed by atoms with Crippen molar-refractivity contribution in [2.75, 3.05) is 32.8 Å². The van der Waals surface area contributed by atoms with Crippen molar-refractivity contribution in [1.82, 2.24) is 18.9 Å². The first-order valence-corrected chi connectivity index (χ1v) is 29.6. The second kappa shape index (κ2) is 25.8. The van der Waals surface area contributed by atoms with Gasteiger partial charge in [0.25, 0.3) is 0 Å². The molecular weight excluding hydrogens is 1040 g/mol. The van der Waals surface area contributed by atoms with E-state index in [1.165, 1.54) is 12.7 Å². The highest BCUT2D eigenvalue weighted by atomic mass is 79.9. The zero-order valence-electron chi connectivity index (χ0n) is 49.9. The summed E-state index contributed by atoms with van der Waals surface area (Å²) < 4.78 is 34.1. The second-order valence-electron chi connectivity index (χ2n) is 24.7. The van der Waals surface area contributed by atoms with Crippen molar-refractivity contribution in [3.8, 4) is 22.9 Å². The molecule has 0 N–H and O–H groups in total. The molecule has 2 saturated heterocycles. The molecule has 8 rings (SSSR count). The van der Waals surface area contributed by atoms with Crippen LogP contribution >= 0.6 is 23.9 Å². The number of benzene rings is 2. The van der Waals surface area contributed by atoms with Gasteiger partial charge in [0, 0.05) is 58.8 Å². The van der Waals surface area contributed by atoms with Gasteiger partial charge in [0.2, 0.25) is 0 Å². The van der Waals surface area contributed by atoms with Gasteiger partial charge in [-0.05, 0) is 128 Å². The molecule has 2 aromatic heterocycles. The maximum Gasteiger partial charge on any atom is 0.410 e. The Kier molecular flexibility index (Phi) is 21.7. The summed E-state index contributed by atoms with van der Waals surface area (Å²) in [6.45, 7) is 47.0. The first kappa shape index (κ1) is 63.8. The van der Waals surface area contributed by atoms with E-state index in [0.29, 0.717) is 60.2 Å². The summed E-state index contributed by atoms with van der Waals surface area (Å²) in [5, 5.41) is 1.35. The van der Waals surface area contributed by atoms with Crippen LogP contribution < -0.4 is 9.47 Å². The third kappa shape index (κ3) is 16.2. The molecule has 0 aliphatic carbocycles. The fourth-order valence-corrected chi connectivity index (χ4v) is 17.7. The lowest BCUT2D eigenvalue weighted by atomic mass is 9.86. The van der Waals surface area contributed by atoms with Gasteiger partial charge in [-0.3, -0.25) is 4.79 Å². The minimum absolute atomic E-state index is 0.0162. The maximum atomic E-state index is 12.4. The van der Waals surface area contributed by atoms with Gasteiger partial charge in [-0.1, -0.05) is 128 Å². The fraction of sp³-hybridized carbons (Fsp3) is 0.597. The van der Waals surface area contributed by atoms with E-state index < -0.39 is 22.4 Å². The van der Waals surface area contributed by atoms with Crippen LogP contribution in [0.4, 0.5) is 9.59 Å². The Morgan fingerprint density at radius 1 is 0.618 bits per heavy atom. The highest BCUT2D eigenvalue weighted by molar-refractivity contribution is 9.10. The van der Waals surface area contributed by atoms with Gasteiger partial charge in [-0.2, -0.15) is 0 Å². The summed E-state index contributed by atoms with van der Waals surface area (Å²) in [4.78, 5) is 40.5. The molecule has 0 atom stereocenters. The Bertz CT molecular complexity index is 2520. The Labute approximate surface area is 467 Å². The predicted octanol–water partition coefficient (Wildman–Crippen LogP) is 17.0. The number of likely N-dealkylation sites (tertiary alicyclic amines) is 2. The van der Waals surface area contributed by atoms with E-state index in [1.54, 1.807) is 16.7 Å². The van der Waals surface area contributed by atoms with Crippen molar-refractivity contribution in [1.29, 1.82) is 0 Å². The molecule has 14 heteroatoms. The third-order valence-corrected chi connectivity index (χ3v) is 17.7. The number of carbonyl (C=O) groups is 3. The number of Topliss-reactive ketones (excluding diaryl/α,β-unsaturated/α-hetero) is 1. The van der Waals surface area contributed by atoms with Gasteiger partial charge >= 0.3 is 12.2 Å². The SMILES string of the molecule is C=COCCCC.CC.CC(=O)c1ccc2n1-c1ccccc1OC21CCN(C(=O)OC(C)(C)C)CC1.CC(C)(C)OC(=O)N1CCC2(CC1)Oc1ccccc1-n1c(Br)ccc12.CC(C)(C)P(C(C)(C)C)C(C)(C)C. The van der Waals surface area contributed by atoms with Crippen molar-refractivity contribution in [2.24, 2.45) is 0 Å². The molecule has 4 aromatic rings. The van der Waals surface area contributed by atoms with Crippen molar-refractivity contribution < 1.29 is 38.1 Å². The van der Waals surface area contributed by atoms with E-state index in [1.807, 2.05) is 115 Å². The summed E-state index contributed by atoms with van der Waals surface area (Å²) in [5.41, 5.74) is 2.71. The number of fused-ring (bicyclic) bond motifs is 8. The number of carbonyl (C=O) groups excluding carboxylic acids is 3. The highest BCUT2D eigenvalue weighted by Gasteiger charge is 2.48. The van der Waals surface area contributed by atoms with Crippen LogP contribution in [0.15, 0.2) is 90.2 Å². The molecule has 6 heterocycles. The lowest BCUT2D eigenvalue weighted by molar-refractivity contribution is -0.0277. The molecule has 0 radical (unpaired) electrons. The number of ether oxygens (including phenoxy) is 5. The predicted molar refractivity (Wildman–Crippen MR) is 317 cm³/mol. The van der Waals surface area contributed by atoms with Crippen LogP contribution in [0.25, 0.3) is 11.4 Å². The zero-order chi connectivity index (χ0) is 57.2. The van der Waals surface area contributed by atoms with Crippen molar-refractivity contribution in [2.45, 2.75) is 208 Å². The van der Waals surface area contributed by atoms with E-state index in [9.17, 15) is 14.4 Å². The molecule has 76 heavy (non-hydrogen) atoms. The minimum atomic E-state index is -0.555. The fourth-order valence-electron chi connectivity index (χ4n) is 11.1. The molecule has 2 amide bonds. The Hall–Kier alpha value is -4.74. The van der Waals surface area contributed by atoms with Crippen LogP contribution in [0.3, 0.4) is 0 Å². The van der Waals surface area contributed by atoms with Gasteiger partial charge in [-0.25, -0.2) is 9.59 Å². The molecule has 4 aliphatic rings. The first-order chi connectivity index (χ1) is 35.3. The molecule has 2 fully saturated rings. The molecule has 0 unspecified atom stereocenters. The number of nitrogens with zero attached hydrogens (tertiary/aromatic N) is 4. The zero-order valence-corrected chi connectivity index (χ0v) is 52.4. The van der Waals surface area contributed by atoms with E-state index in [2.05, 4.69) is 115 Å². The normalized spacial score (nSPS) is 16.1. The number of amides is 2. The Morgan fingerprint density at radius 3 is 1.36 bits per heavy atom. The quantitative estimate of drug-likeness (QED) is 0.0840. The van der Waals surface area contributed by atoms with E-state index in [0.717, 1.165) is 64.7 Å². The maximum absolute atomic E-state index is 12.4. The van der Waals surface area contributed by atoms with Crippen molar-refractivity contribution in [3.05, 3.63) is 107 Å². The lowest BCUT2D eigenvalue weighted by Crippen LogP contribution is -2.51. The Balaban J connectivity index is 0.000000240. The Morgan fingerprint density at radius 2 is 1.00 bits per heavy atom. The van der Waals surface area contributed by atoms with Gasteiger partial charge < -0.3 is 42.6 Å². The van der Waals surface area contributed by atoms with Crippen LogP contribution in [0.2, 0.25) is 0 Å². The molecule has 4 aliphatic heterocycles. The van der Waals surface area contributed by atoms with Crippen molar-refractivity contribution >= 4 is 41.8 Å². The average Bonchev–Trinajstić information content (AvgIpc) is 3.95. The average molecular weight is 1130 g/mol. The lowest BCUT2D eigenvalue weighted by Gasteiger charge is -2.49. The number of aromatic nitrogens is 2. The molecule has 0 bridgehead atoms. The summed E-state index contributed by atoms with van der Waals surface area (Å²) in [5.74, 6) is 1.66. The number of ketones is 1. The van der Waals surface area contributed by atoms with Crippen LogP contribution in [0, 0.1) is 0 Å². The van der Waals surface area contributed by atoms with E-state index in [4.69, 9.17) is 23.7 Å². The smallest absolute Gasteiger partial charge is 0.410 e. The van der Waals surface area contributed by atoms with E-state index >= 15 is 0 Å². The van der Waals surface area contributed by atoms with Crippen LogP contribution in [0.1, 0.15) is 192 Å². The summed E-state index contributed by atoms with van der Waals surface area (Å²) in [7, 11) is 0.0162. The second-order valence-corrected chi connectivity index (χ2v) is 30.2. The molecule has 2 aromatic carbocycles. The monoisotopic (exact) mass is 1130 g/mol. The molecule has 12 nitrogen and oxygen atoms in total. The largest absolute Gasteiger partial charge is 0.502 e. The number of halogens is 1. The van der Waals surface area contributed by atoms with Gasteiger partial charge in [0.15, 0.2) is 17.0 Å². The topological polar surface area (TPSA) is 114 Å². The number of para-hydroxylation sites is 4. The third-order valence-electron chi connectivity index (χ3n) is 13.0. The van der Waals surface area contributed by atoms with Crippen LogP contribution in [0.5, 0.6) is 11.5 Å². The number of unbranched alkanes of at least 4 members (excludes halogenated alkanes) is 1. The van der Waals surface area contributed by atoms with Gasteiger partial charge in [0.05, 0.1) is 45.9 Å². The first-order valence-electron chi connectivity index (χ1n) is 27.4. The number of hydrogen-bond acceptors (Lipinski definition) is 8. The number of hydrogen-bond donors (Lipinski definition) is 0. The van der Waals surface area contributed by atoms with Gasteiger partial charge in [-0.15, -0.1) is 0 Å². The van der Waals surface area contributed by atoms with Crippen molar-refractivity contribution in [3.63, 3.8) is 0 Å².